The highest BCUT2D eigenvalue weighted by molar-refractivity contribution is 5.40. The summed E-state index contributed by atoms with van der Waals surface area (Å²) in [6.07, 6.45) is -3.60. The molecule has 9 nitrogen and oxygen atoms in total. The topological polar surface area (TPSA) is 98.3 Å². The quantitative estimate of drug-likeness (QED) is 0.580. The number of anilines is 2. The predicted octanol–water partition coefficient (Wildman–Crippen LogP) is 3.11. The number of aryl methyl sites for hydroxylation is 1. The molecule has 2 aliphatic rings. The molecule has 2 aliphatic heterocycles. The molecule has 2 bridgehead atoms. The lowest BCUT2D eigenvalue weighted by atomic mass is 9.83. The summed E-state index contributed by atoms with van der Waals surface area (Å²) in [6, 6.07) is 8.43. The fraction of sp³-hybridized carbons (Fsp3) is 0.455. The van der Waals surface area contributed by atoms with Gasteiger partial charge >= 0.3 is 12.2 Å². The Bertz CT molecular complexity index is 1240. The molecule has 1 N–H and O–H groups in total. The Labute approximate surface area is 192 Å². The second-order valence-corrected chi connectivity index (χ2v) is 8.61. The predicted molar refractivity (Wildman–Crippen MR) is 116 cm³/mol. The van der Waals surface area contributed by atoms with E-state index in [9.17, 15) is 18.0 Å². The van der Waals surface area contributed by atoms with Crippen LogP contribution >= 0.6 is 0 Å². The number of nitrogens with zero attached hydrogens (tertiary/aromatic N) is 5. The Hall–Kier alpha value is -3.57. The Morgan fingerprint density at radius 3 is 2.76 bits per heavy atom. The SMILES string of the molecule is Cc1ccc(CNc2nc(OCC(F)(F)F)nc(N3CC4CC(C3)c3cccc(=O)n3C4)n2)o1. The maximum atomic E-state index is 12.7. The number of alkyl halides is 3. The first-order chi connectivity index (χ1) is 16.2. The number of rotatable bonds is 6. The highest BCUT2D eigenvalue weighted by Gasteiger charge is 2.36. The van der Waals surface area contributed by atoms with E-state index in [4.69, 9.17) is 9.15 Å². The molecule has 12 heteroatoms. The fourth-order valence-electron chi connectivity index (χ4n) is 4.58. The van der Waals surface area contributed by atoms with Crippen molar-refractivity contribution in [2.24, 2.45) is 5.92 Å². The number of hydrogen-bond acceptors (Lipinski definition) is 8. The van der Waals surface area contributed by atoms with Gasteiger partial charge < -0.3 is 23.9 Å². The first-order valence-corrected chi connectivity index (χ1v) is 10.9. The standard InChI is InChI=1S/C22H23F3N6O3/c1-13-5-6-16(34-13)8-26-19-27-20(29-21(28-19)33-12-22(23,24)25)30-9-14-7-15(11-30)17-3-2-4-18(32)31(17)10-14/h2-6,14-15H,7-12H2,1H3,(H,26,27,28,29). The van der Waals surface area contributed by atoms with Crippen molar-refractivity contribution < 1.29 is 22.3 Å². The van der Waals surface area contributed by atoms with Crippen LogP contribution in [0.3, 0.4) is 0 Å². The summed E-state index contributed by atoms with van der Waals surface area (Å²) in [6.45, 7) is 2.23. The first-order valence-electron chi connectivity index (χ1n) is 10.9. The molecule has 3 aromatic rings. The monoisotopic (exact) mass is 476 g/mol. The number of halogens is 3. The van der Waals surface area contributed by atoms with E-state index in [-0.39, 0.29) is 35.8 Å². The van der Waals surface area contributed by atoms with Crippen molar-refractivity contribution in [1.82, 2.24) is 19.5 Å². The molecule has 0 saturated carbocycles. The number of pyridine rings is 1. The molecule has 0 aromatic carbocycles. The first kappa shape index (κ1) is 22.2. The number of ether oxygens (including phenoxy) is 1. The number of hydrogen-bond donors (Lipinski definition) is 1. The average Bonchev–Trinajstić information content (AvgIpc) is 3.21. The summed E-state index contributed by atoms with van der Waals surface area (Å²) < 4.78 is 50.4. The van der Waals surface area contributed by atoms with E-state index < -0.39 is 18.8 Å². The van der Waals surface area contributed by atoms with Gasteiger partial charge in [0.15, 0.2) is 6.61 Å². The van der Waals surface area contributed by atoms with Gasteiger partial charge in [0.2, 0.25) is 11.9 Å². The molecule has 1 saturated heterocycles. The van der Waals surface area contributed by atoms with Gasteiger partial charge in [0.25, 0.3) is 5.56 Å². The van der Waals surface area contributed by atoms with Crippen LogP contribution in [-0.4, -0.2) is 45.4 Å². The maximum absolute atomic E-state index is 12.7. The van der Waals surface area contributed by atoms with Gasteiger partial charge in [0.05, 0.1) is 6.54 Å². The van der Waals surface area contributed by atoms with Gasteiger partial charge in [-0.2, -0.15) is 28.1 Å². The van der Waals surface area contributed by atoms with E-state index >= 15 is 0 Å². The smallest absolute Gasteiger partial charge is 0.422 e. The molecule has 0 amide bonds. The largest absolute Gasteiger partial charge is 0.465 e. The summed E-state index contributed by atoms with van der Waals surface area (Å²) in [5, 5.41) is 2.98. The lowest BCUT2D eigenvalue weighted by Gasteiger charge is -2.42. The van der Waals surface area contributed by atoms with Crippen molar-refractivity contribution in [3.05, 3.63) is 57.9 Å². The molecule has 2 unspecified atom stereocenters. The highest BCUT2D eigenvalue weighted by atomic mass is 19.4. The molecule has 3 aromatic heterocycles. The summed E-state index contributed by atoms with van der Waals surface area (Å²) in [4.78, 5) is 26.8. The van der Waals surface area contributed by atoms with E-state index in [1.54, 1.807) is 22.8 Å². The van der Waals surface area contributed by atoms with Crippen molar-refractivity contribution >= 4 is 11.9 Å². The van der Waals surface area contributed by atoms with Crippen LogP contribution in [0.2, 0.25) is 0 Å². The molecule has 34 heavy (non-hydrogen) atoms. The van der Waals surface area contributed by atoms with Crippen LogP contribution in [0.4, 0.5) is 25.1 Å². The summed E-state index contributed by atoms with van der Waals surface area (Å²) in [5.74, 6) is 1.95. The van der Waals surface area contributed by atoms with Gasteiger partial charge in [-0.15, -0.1) is 0 Å². The van der Waals surface area contributed by atoms with E-state index in [2.05, 4.69) is 20.3 Å². The number of fused-ring (bicyclic) bond motifs is 4. The van der Waals surface area contributed by atoms with Gasteiger partial charge in [-0.05, 0) is 37.5 Å². The van der Waals surface area contributed by atoms with Crippen molar-refractivity contribution in [1.29, 1.82) is 0 Å². The molecule has 5 heterocycles. The van der Waals surface area contributed by atoms with Crippen LogP contribution in [0, 0.1) is 12.8 Å². The minimum absolute atomic E-state index is 0.0247. The minimum Gasteiger partial charge on any atom is -0.465 e. The summed E-state index contributed by atoms with van der Waals surface area (Å²) >= 11 is 0. The number of nitrogens with one attached hydrogen (secondary N) is 1. The molecule has 180 valence electrons. The molecule has 0 aliphatic carbocycles. The zero-order chi connectivity index (χ0) is 23.9. The lowest BCUT2D eigenvalue weighted by Crippen LogP contribution is -2.47. The maximum Gasteiger partial charge on any atom is 0.422 e. The van der Waals surface area contributed by atoms with E-state index in [0.717, 1.165) is 17.9 Å². The zero-order valence-corrected chi connectivity index (χ0v) is 18.4. The van der Waals surface area contributed by atoms with E-state index in [0.29, 0.717) is 25.4 Å². The number of furan rings is 1. The molecule has 5 rings (SSSR count). The number of piperidine rings is 1. The third kappa shape index (κ3) is 4.85. The Kier molecular flexibility index (Phi) is 5.66. The summed E-state index contributed by atoms with van der Waals surface area (Å²) in [7, 11) is 0. The molecular weight excluding hydrogens is 453 g/mol. The van der Waals surface area contributed by atoms with Crippen molar-refractivity contribution in [2.45, 2.75) is 38.5 Å². The van der Waals surface area contributed by atoms with Crippen molar-refractivity contribution in [3.63, 3.8) is 0 Å². The second kappa shape index (κ2) is 8.65. The van der Waals surface area contributed by atoms with Crippen LogP contribution in [-0.2, 0) is 13.1 Å². The summed E-state index contributed by atoms with van der Waals surface area (Å²) in [5.41, 5.74) is 0.922. The minimum atomic E-state index is -4.52. The molecule has 2 atom stereocenters. The third-order valence-corrected chi connectivity index (χ3v) is 5.95. The van der Waals surface area contributed by atoms with E-state index in [1.165, 1.54) is 0 Å². The van der Waals surface area contributed by atoms with Gasteiger partial charge in [-0.3, -0.25) is 4.79 Å². The molecular formula is C22H23F3N6O3. The van der Waals surface area contributed by atoms with Crippen LogP contribution < -0.4 is 20.5 Å². The van der Waals surface area contributed by atoms with Gasteiger partial charge in [0.1, 0.15) is 11.5 Å². The lowest BCUT2D eigenvalue weighted by molar-refractivity contribution is -0.154. The van der Waals surface area contributed by atoms with Gasteiger partial charge in [0, 0.05) is 37.3 Å². The average molecular weight is 476 g/mol. The van der Waals surface area contributed by atoms with Crippen LogP contribution in [0.25, 0.3) is 0 Å². The second-order valence-electron chi connectivity index (χ2n) is 8.61. The fourth-order valence-corrected chi connectivity index (χ4v) is 4.58. The molecule has 0 spiro atoms. The van der Waals surface area contributed by atoms with Crippen LogP contribution in [0.5, 0.6) is 6.01 Å². The number of aromatic nitrogens is 4. The normalized spacial score (nSPS) is 19.6. The van der Waals surface area contributed by atoms with Crippen molar-refractivity contribution in [2.75, 3.05) is 29.9 Å². The van der Waals surface area contributed by atoms with Crippen molar-refractivity contribution in [3.8, 4) is 6.01 Å². The van der Waals surface area contributed by atoms with Crippen LogP contribution in [0.15, 0.2) is 39.5 Å². The molecule has 0 radical (unpaired) electrons. The van der Waals surface area contributed by atoms with Gasteiger partial charge in [-0.1, -0.05) is 6.07 Å². The molecule has 1 fully saturated rings. The Morgan fingerprint density at radius 1 is 1.15 bits per heavy atom. The van der Waals surface area contributed by atoms with Gasteiger partial charge in [-0.25, -0.2) is 0 Å². The van der Waals surface area contributed by atoms with Crippen LogP contribution in [0.1, 0.15) is 29.6 Å². The van der Waals surface area contributed by atoms with E-state index in [1.807, 2.05) is 24.0 Å². The Morgan fingerprint density at radius 2 is 2.00 bits per heavy atom. The Balaban J connectivity index is 1.41. The zero-order valence-electron chi connectivity index (χ0n) is 18.4. The highest BCUT2D eigenvalue weighted by Crippen LogP contribution is 2.36. The third-order valence-electron chi connectivity index (χ3n) is 5.95.